The Hall–Kier alpha value is -1.47. The number of hydrogen-bond donors (Lipinski definition) is 0. The van der Waals surface area contributed by atoms with E-state index in [1.165, 1.54) is 12.8 Å². The van der Waals surface area contributed by atoms with E-state index in [4.69, 9.17) is 4.52 Å². The molecule has 1 saturated carbocycles. The van der Waals surface area contributed by atoms with Gasteiger partial charge in [-0.2, -0.15) is 4.98 Å². The SMILES string of the molecule is CN1CCN(Cc2noc(C3CCC(=O)N(C4CCCC4)C3)n2)CC1. The van der Waals surface area contributed by atoms with Gasteiger partial charge in [-0.3, -0.25) is 9.69 Å². The zero-order valence-corrected chi connectivity index (χ0v) is 15.2. The second-order valence-electron chi connectivity index (χ2n) is 7.85. The third kappa shape index (κ3) is 3.87. The Labute approximate surface area is 149 Å². The average molecular weight is 347 g/mol. The first-order valence-electron chi connectivity index (χ1n) is 9.72. The Balaban J connectivity index is 1.37. The van der Waals surface area contributed by atoms with E-state index in [2.05, 4.69) is 31.9 Å². The van der Waals surface area contributed by atoms with Crippen molar-refractivity contribution in [1.82, 2.24) is 24.8 Å². The summed E-state index contributed by atoms with van der Waals surface area (Å²) in [7, 11) is 2.16. The van der Waals surface area contributed by atoms with Gasteiger partial charge in [0.15, 0.2) is 5.82 Å². The number of nitrogens with zero attached hydrogens (tertiary/aromatic N) is 5. The van der Waals surface area contributed by atoms with E-state index in [0.717, 1.165) is 70.2 Å². The van der Waals surface area contributed by atoms with E-state index in [-0.39, 0.29) is 5.92 Å². The van der Waals surface area contributed by atoms with Gasteiger partial charge in [0.05, 0.1) is 12.5 Å². The molecule has 0 bridgehead atoms. The summed E-state index contributed by atoms with van der Waals surface area (Å²) in [6.45, 7) is 5.79. The Morgan fingerprint density at radius 1 is 1.12 bits per heavy atom. The minimum atomic E-state index is 0.201. The van der Waals surface area contributed by atoms with Crippen LogP contribution < -0.4 is 0 Å². The number of piperidine rings is 1. The topological polar surface area (TPSA) is 65.7 Å². The summed E-state index contributed by atoms with van der Waals surface area (Å²) in [5.41, 5.74) is 0. The van der Waals surface area contributed by atoms with Crippen molar-refractivity contribution < 1.29 is 9.32 Å². The number of piperazine rings is 1. The maximum Gasteiger partial charge on any atom is 0.231 e. The fourth-order valence-corrected chi connectivity index (χ4v) is 4.35. The molecular formula is C18H29N5O2. The van der Waals surface area contributed by atoms with Crippen LogP contribution in [0.3, 0.4) is 0 Å². The Kier molecular flexibility index (Phi) is 5.03. The standard InChI is InChI=1S/C18H29N5O2/c1-21-8-10-22(11-9-21)13-16-19-18(25-20-16)14-6-7-17(24)23(12-14)15-4-2-3-5-15/h14-15H,2-13H2,1H3. The molecule has 2 aliphatic heterocycles. The van der Waals surface area contributed by atoms with E-state index in [9.17, 15) is 4.79 Å². The summed E-state index contributed by atoms with van der Waals surface area (Å²) in [4.78, 5) is 23.8. The van der Waals surface area contributed by atoms with Crippen LogP contribution in [0.1, 0.15) is 56.2 Å². The van der Waals surface area contributed by atoms with Crippen LogP contribution in [-0.4, -0.2) is 76.6 Å². The largest absolute Gasteiger partial charge is 0.339 e. The van der Waals surface area contributed by atoms with Crippen LogP contribution in [0.25, 0.3) is 0 Å². The second-order valence-corrected chi connectivity index (χ2v) is 7.85. The molecule has 1 amide bonds. The molecule has 3 fully saturated rings. The lowest BCUT2D eigenvalue weighted by Crippen LogP contribution is -2.44. The van der Waals surface area contributed by atoms with E-state index in [1.807, 2.05) is 0 Å². The summed E-state index contributed by atoms with van der Waals surface area (Å²) < 4.78 is 5.58. The lowest BCUT2D eigenvalue weighted by Gasteiger charge is -2.35. The molecule has 4 rings (SSSR count). The highest BCUT2D eigenvalue weighted by Crippen LogP contribution is 2.32. The molecule has 1 aliphatic carbocycles. The van der Waals surface area contributed by atoms with Crippen molar-refractivity contribution in [2.75, 3.05) is 39.8 Å². The van der Waals surface area contributed by atoms with Gasteiger partial charge in [-0.05, 0) is 26.3 Å². The highest BCUT2D eigenvalue weighted by molar-refractivity contribution is 5.77. The smallest absolute Gasteiger partial charge is 0.231 e. The molecule has 3 aliphatic rings. The van der Waals surface area contributed by atoms with Gasteiger partial charge >= 0.3 is 0 Å². The molecule has 138 valence electrons. The van der Waals surface area contributed by atoms with Gasteiger partial charge in [-0.25, -0.2) is 0 Å². The lowest BCUT2D eigenvalue weighted by atomic mass is 9.95. The molecule has 3 heterocycles. The van der Waals surface area contributed by atoms with Gasteiger partial charge < -0.3 is 14.3 Å². The van der Waals surface area contributed by atoms with E-state index < -0.39 is 0 Å². The highest BCUT2D eigenvalue weighted by atomic mass is 16.5. The lowest BCUT2D eigenvalue weighted by molar-refractivity contribution is -0.136. The third-order valence-electron chi connectivity index (χ3n) is 6.00. The zero-order valence-electron chi connectivity index (χ0n) is 15.2. The van der Waals surface area contributed by atoms with Crippen LogP contribution in [-0.2, 0) is 11.3 Å². The van der Waals surface area contributed by atoms with Gasteiger partial charge in [0.2, 0.25) is 11.8 Å². The first-order chi connectivity index (χ1) is 12.2. The number of carbonyl (C=O) groups excluding carboxylic acids is 1. The molecule has 0 aromatic carbocycles. The predicted octanol–water partition coefficient (Wildman–Crippen LogP) is 1.47. The van der Waals surface area contributed by atoms with Crippen LogP contribution in [0.4, 0.5) is 0 Å². The van der Waals surface area contributed by atoms with Gasteiger partial charge in [-0.1, -0.05) is 18.0 Å². The molecular weight excluding hydrogens is 318 g/mol. The predicted molar refractivity (Wildman–Crippen MR) is 93.0 cm³/mol. The molecule has 1 aromatic rings. The second kappa shape index (κ2) is 7.41. The van der Waals surface area contributed by atoms with Crippen molar-refractivity contribution in [2.24, 2.45) is 0 Å². The van der Waals surface area contributed by atoms with Crippen LogP contribution in [0.15, 0.2) is 4.52 Å². The monoisotopic (exact) mass is 347 g/mol. The minimum Gasteiger partial charge on any atom is -0.339 e. The third-order valence-corrected chi connectivity index (χ3v) is 6.00. The first-order valence-corrected chi connectivity index (χ1v) is 9.72. The first kappa shape index (κ1) is 17.0. The fourth-order valence-electron chi connectivity index (χ4n) is 4.35. The van der Waals surface area contributed by atoms with Crippen molar-refractivity contribution in [3.05, 3.63) is 11.7 Å². The molecule has 7 nitrogen and oxygen atoms in total. The molecule has 0 radical (unpaired) electrons. The molecule has 0 N–H and O–H groups in total. The number of likely N-dealkylation sites (tertiary alicyclic amines) is 1. The van der Waals surface area contributed by atoms with Gasteiger partial charge in [-0.15, -0.1) is 0 Å². The summed E-state index contributed by atoms with van der Waals surface area (Å²) in [6.07, 6.45) is 6.23. The van der Waals surface area contributed by atoms with E-state index in [1.54, 1.807) is 0 Å². The molecule has 2 saturated heterocycles. The number of likely N-dealkylation sites (N-methyl/N-ethyl adjacent to an activating group) is 1. The number of rotatable bonds is 4. The van der Waals surface area contributed by atoms with Crippen LogP contribution in [0, 0.1) is 0 Å². The molecule has 1 aromatic heterocycles. The molecule has 25 heavy (non-hydrogen) atoms. The Bertz CT molecular complexity index is 590. The van der Waals surface area contributed by atoms with Crippen molar-refractivity contribution in [2.45, 2.75) is 57.0 Å². The van der Waals surface area contributed by atoms with Crippen LogP contribution in [0.2, 0.25) is 0 Å². The summed E-state index contributed by atoms with van der Waals surface area (Å²) in [5, 5.41) is 4.20. The Morgan fingerprint density at radius 2 is 1.88 bits per heavy atom. The quantitative estimate of drug-likeness (QED) is 0.822. The van der Waals surface area contributed by atoms with Crippen molar-refractivity contribution in [3.8, 4) is 0 Å². The molecule has 0 spiro atoms. The average Bonchev–Trinajstić information content (AvgIpc) is 3.29. The number of hydrogen-bond acceptors (Lipinski definition) is 6. The minimum absolute atomic E-state index is 0.201. The van der Waals surface area contributed by atoms with Crippen LogP contribution >= 0.6 is 0 Å². The number of aromatic nitrogens is 2. The van der Waals surface area contributed by atoms with E-state index in [0.29, 0.717) is 18.4 Å². The van der Waals surface area contributed by atoms with Crippen molar-refractivity contribution >= 4 is 5.91 Å². The van der Waals surface area contributed by atoms with Gasteiger partial charge in [0.25, 0.3) is 0 Å². The molecule has 1 unspecified atom stereocenters. The van der Waals surface area contributed by atoms with Gasteiger partial charge in [0.1, 0.15) is 0 Å². The number of amides is 1. The fraction of sp³-hybridized carbons (Fsp3) is 0.833. The van der Waals surface area contributed by atoms with Crippen molar-refractivity contribution in [1.29, 1.82) is 0 Å². The summed E-state index contributed by atoms with van der Waals surface area (Å²) in [6, 6.07) is 0.433. The molecule has 7 heteroatoms. The normalized spacial score (nSPS) is 27.3. The zero-order chi connectivity index (χ0) is 17.2. The van der Waals surface area contributed by atoms with Crippen molar-refractivity contribution in [3.63, 3.8) is 0 Å². The maximum atomic E-state index is 12.3. The van der Waals surface area contributed by atoms with Gasteiger partial charge in [0, 0.05) is 45.2 Å². The van der Waals surface area contributed by atoms with E-state index >= 15 is 0 Å². The summed E-state index contributed by atoms with van der Waals surface area (Å²) in [5.74, 6) is 2.01. The number of carbonyl (C=O) groups is 1. The molecule has 1 atom stereocenters. The maximum absolute atomic E-state index is 12.3. The Morgan fingerprint density at radius 3 is 2.64 bits per heavy atom. The van der Waals surface area contributed by atoms with Crippen LogP contribution in [0.5, 0.6) is 0 Å². The summed E-state index contributed by atoms with van der Waals surface area (Å²) >= 11 is 0. The highest BCUT2D eigenvalue weighted by Gasteiger charge is 2.35.